The minimum absolute atomic E-state index is 0.0479. The third-order valence-corrected chi connectivity index (χ3v) is 1.15. The Bertz CT molecular complexity index is 234. The van der Waals surface area contributed by atoms with Gasteiger partial charge in [0.05, 0.1) is 12.8 Å². The normalized spacial score (nSPS) is 8.38. The predicted octanol–water partition coefficient (Wildman–Crippen LogP) is 0.808. The van der Waals surface area contributed by atoms with E-state index < -0.39 is 11.9 Å². The summed E-state index contributed by atoms with van der Waals surface area (Å²) in [6, 6.07) is 0. The molecule has 72 valence electrons. The number of aliphatic carboxylic acids is 1. The lowest BCUT2D eigenvalue weighted by Crippen LogP contribution is -2.07. The number of carbonyl (C=O) groups excluding carboxylic acids is 1. The van der Waals surface area contributed by atoms with Crippen molar-refractivity contribution in [1.29, 1.82) is 0 Å². The molecule has 0 rings (SSSR count). The molecule has 0 saturated carbocycles. The average Bonchev–Trinajstić information content (AvgIpc) is 2.09. The molecule has 4 heteroatoms. The Balaban J connectivity index is 3.46. The number of rotatable bonds is 4. The van der Waals surface area contributed by atoms with E-state index in [-0.39, 0.29) is 19.4 Å². The van der Waals surface area contributed by atoms with Crippen LogP contribution in [0.2, 0.25) is 0 Å². The summed E-state index contributed by atoms with van der Waals surface area (Å²) in [7, 11) is 0. The Kier molecular flexibility index (Phi) is 6.34. The first-order valence-corrected chi connectivity index (χ1v) is 4.00. The maximum atomic E-state index is 10.8. The zero-order valence-electron chi connectivity index (χ0n) is 7.50. The van der Waals surface area contributed by atoms with Gasteiger partial charge >= 0.3 is 11.9 Å². The first-order valence-electron chi connectivity index (χ1n) is 4.00. The van der Waals surface area contributed by atoms with Gasteiger partial charge in [-0.05, 0) is 0 Å². The van der Waals surface area contributed by atoms with Gasteiger partial charge < -0.3 is 9.84 Å². The Labute approximate surface area is 76.9 Å². The van der Waals surface area contributed by atoms with E-state index in [1.807, 2.05) is 6.92 Å². The van der Waals surface area contributed by atoms with Gasteiger partial charge in [-0.15, -0.1) is 5.92 Å². The van der Waals surface area contributed by atoms with Gasteiger partial charge in [0.2, 0.25) is 0 Å². The molecule has 13 heavy (non-hydrogen) atoms. The van der Waals surface area contributed by atoms with E-state index in [9.17, 15) is 9.59 Å². The topological polar surface area (TPSA) is 63.6 Å². The van der Waals surface area contributed by atoms with Gasteiger partial charge in [-0.25, -0.2) is 0 Å². The van der Waals surface area contributed by atoms with E-state index in [1.165, 1.54) is 0 Å². The second kappa shape index (κ2) is 7.17. The molecule has 0 aromatic carbocycles. The molecule has 0 spiro atoms. The van der Waals surface area contributed by atoms with Crippen LogP contribution in [-0.2, 0) is 14.3 Å². The fourth-order valence-electron chi connectivity index (χ4n) is 0.574. The summed E-state index contributed by atoms with van der Waals surface area (Å²) >= 11 is 0. The summed E-state index contributed by atoms with van der Waals surface area (Å²) in [5.41, 5.74) is 0. The van der Waals surface area contributed by atoms with Crippen molar-refractivity contribution in [3.05, 3.63) is 0 Å². The van der Waals surface area contributed by atoms with E-state index in [0.717, 1.165) is 0 Å². The Hall–Kier alpha value is -1.50. The lowest BCUT2D eigenvalue weighted by atomic mass is 10.3. The molecule has 0 atom stereocenters. The van der Waals surface area contributed by atoms with Crippen LogP contribution in [-0.4, -0.2) is 23.7 Å². The molecule has 0 radical (unpaired) electrons. The monoisotopic (exact) mass is 184 g/mol. The zero-order valence-corrected chi connectivity index (χ0v) is 7.50. The molecule has 0 aliphatic rings. The van der Waals surface area contributed by atoms with Crippen LogP contribution in [0.4, 0.5) is 0 Å². The van der Waals surface area contributed by atoms with Gasteiger partial charge in [0.25, 0.3) is 0 Å². The second-order valence-corrected chi connectivity index (χ2v) is 2.26. The van der Waals surface area contributed by atoms with Gasteiger partial charge in [-0.1, -0.05) is 12.8 Å². The third-order valence-electron chi connectivity index (χ3n) is 1.15. The van der Waals surface area contributed by atoms with Crippen LogP contribution in [0.25, 0.3) is 0 Å². The molecule has 0 bridgehead atoms. The van der Waals surface area contributed by atoms with Crippen LogP contribution in [0.15, 0.2) is 0 Å². The number of hydrogen-bond acceptors (Lipinski definition) is 3. The molecule has 0 heterocycles. The minimum atomic E-state index is -1.00. The molecule has 0 aliphatic heterocycles. The van der Waals surface area contributed by atoms with Crippen LogP contribution in [0.1, 0.15) is 26.2 Å². The molecule has 4 nitrogen and oxygen atoms in total. The van der Waals surface area contributed by atoms with Crippen molar-refractivity contribution in [2.24, 2.45) is 0 Å². The first kappa shape index (κ1) is 11.5. The number of ether oxygens (including phenoxy) is 1. The highest BCUT2D eigenvalue weighted by Crippen LogP contribution is 1.91. The molecule has 0 aromatic heterocycles. The van der Waals surface area contributed by atoms with E-state index in [2.05, 4.69) is 16.6 Å². The third kappa shape index (κ3) is 8.41. The largest absolute Gasteiger partial charge is 0.481 e. The van der Waals surface area contributed by atoms with E-state index >= 15 is 0 Å². The number of hydrogen-bond donors (Lipinski definition) is 1. The summed E-state index contributed by atoms with van der Waals surface area (Å²) in [5.74, 6) is 3.81. The zero-order chi connectivity index (χ0) is 10.1. The van der Waals surface area contributed by atoms with E-state index in [4.69, 9.17) is 5.11 Å². The Morgan fingerprint density at radius 3 is 2.54 bits per heavy atom. The standard InChI is InChI=1S/C9H12O4/c1-2-3-4-7-13-9(12)6-5-8(10)11/h2,5-7H2,1H3,(H,10,11). The van der Waals surface area contributed by atoms with Crippen molar-refractivity contribution < 1.29 is 19.4 Å². The predicted molar refractivity (Wildman–Crippen MR) is 45.9 cm³/mol. The number of carbonyl (C=O) groups is 2. The highest BCUT2D eigenvalue weighted by Gasteiger charge is 2.04. The van der Waals surface area contributed by atoms with Crippen molar-refractivity contribution in [1.82, 2.24) is 0 Å². The SMILES string of the molecule is CCC#CCOC(=O)CCC(=O)O. The van der Waals surface area contributed by atoms with Crippen LogP contribution < -0.4 is 0 Å². The van der Waals surface area contributed by atoms with Gasteiger partial charge in [0, 0.05) is 6.42 Å². The summed E-state index contributed by atoms with van der Waals surface area (Å²) in [6.07, 6.45) is 0.426. The molecule has 0 aromatic rings. The Morgan fingerprint density at radius 2 is 2.00 bits per heavy atom. The summed E-state index contributed by atoms with van der Waals surface area (Å²) in [6.45, 7) is 1.94. The molecular formula is C9H12O4. The van der Waals surface area contributed by atoms with Gasteiger partial charge in [-0.2, -0.15) is 0 Å². The smallest absolute Gasteiger partial charge is 0.307 e. The Morgan fingerprint density at radius 1 is 1.31 bits per heavy atom. The van der Waals surface area contributed by atoms with Gasteiger partial charge in [0.15, 0.2) is 6.61 Å². The molecule has 1 N–H and O–H groups in total. The second-order valence-electron chi connectivity index (χ2n) is 2.26. The fraction of sp³-hybridized carbons (Fsp3) is 0.556. The van der Waals surface area contributed by atoms with Crippen molar-refractivity contribution >= 4 is 11.9 Å². The molecule has 0 saturated heterocycles. The van der Waals surface area contributed by atoms with Crippen LogP contribution >= 0.6 is 0 Å². The lowest BCUT2D eigenvalue weighted by molar-refractivity contribution is -0.146. The highest BCUT2D eigenvalue weighted by atomic mass is 16.5. The van der Waals surface area contributed by atoms with Gasteiger partial charge in [-0.3, -0.25) is 9.59 Å². The quantitative estimate of drug-likeness (QED) is 0.518. The summed E-state index contributed by atoms with van der Waals surface area (Å²) in [5, 5.41) is 8.24. The van der Waals surface area contributed by atoms with E-state index in [1.54, 1.807) is 0 Å². The van der Waals surface area contributed by atoms with Crippen molar-refractivity contribution in [3.8, 4) is 11.8 Å². The van der Waals surface area contributed by atoms with Crippen LogP contribution in [0, 0.1) is 11.8 Å². The van der Waals surface area contributed by atoms with Gasteiger partial charge in [0.1, 0.15) is 0 Å². The van der Waals surface area contributed by atoms with Crippen LogP contribution in [0.5, 0.6) is 0 Å². The summed E-state index contributed by atoms with van der Waals surface area (Å²) in [4.78, 5) is 20.8. The number of carboxylic acids is 1. The van der Waals surface area contributed by atoms with E-state index in [0.29, 0.717) is 6.42 Å². The van der Waals surface area contributed by atoms with Crippen LogP contribution in [0.3, 0.4) is 0 Å². The average molecular weight is 184 g/mol. The number of esters is 1. The maximum Gasteiger partial charge on any atom is 0.307 e. The first-order chi connectivity index (χ1) is 6.16. The van der Waals surface area contributed by atoms with Crippen molar-refractivity contribution in [2.45, 2.75) is 26.2 Å². The summed E-state index contributed by atoms with van der Waals surface area (Å²) < 4.78 is 4.62. The van der Waals surface area contributed by atoms with Crippen molar-refractivity contribution in [3.63, 3.8) is 0 Å². The highest BCUT2D eigenvalue weighted by molar-refractivity contribution is 5.76. The van der Waals surface area contributed by atoms with Crippen molar-refractivity contribution in [2.75, 3.05) is 6.61 Å². The maximum absolute atomic E-state index is 10.8. The lowest BCUT2D eigenvalue weighted by Gasteiger charge is -1.97. The fourth-order valence-corrected chi connectivity index (χ4v) is 0.574. The molecule has 0 amide bonds. The minimum Gasteiger partial charge on any atom is -0.481 e. The number of carboxylic acid groups (broad SMARTS) is 1. The molecule has 0 unspecified atom stereocenters. The molecular weight excluding hydrogens is 172 g/mol. The molecule has 0 fully saturated rings. The molecule has 0 aliphatic carbocycles.